The summed E-state index contributed by atoms with van der Waals surface area (Å²) in [6, 6.07) is 0.375. The van der Waals surface area contributed by atoms with Gasteiger partial charge in [0.25, 0.3) is 0 Å². The van der Waals surface area contributed by atoms with E-state index in [2.05, 4.69) is 15.5 Å². The van der Waals surface area contributed by atoms with Crippen LogP contribution in [0.3, 0.4) is 0 Å². The second-order valence-corrected chi connectivity index (χ2v) is 5.22. The molecule has 0 aromatic carbocycles. The van der Waals surface area contributed by atoms with Gasteiger partial charge in [0.1, 0.15) is 0 Å². The van der Waals surface area contributed by atoms with Gasteiger partial charge in [-0.15, -0.1) is 0 Å². The van der Waals surface area contributed by atoms with Crippen LogP contribution in [0.4, 0.5) is 0 Å². The Bertz CT molecular complexity index is 303. The van der Waals surface area contributed by atoms with Crippen molar-refractivity contribution in [3.63, 3.8) is 0 Å². The van der Waals surface area contributed by atoms with Crippen LogP contribution in [0.25, 0.3) is 0 Å². The zero-order chi connectivity index (χ0) is 13.0. The van der Waals surface area contributed by atoms with Gasteiger partial charge in [0, 0.05) is 38.1 Å². The van der Waals surface area contributed by atoms with E-state index in [1.54, 1.807) is 0 Å². The van der Waals surface area contributed by atoms with Crippen LogP contribution in [0.1, 0.15) is 25.7 Å². The van der Waals surface area contributed by atoms with E-state index in [9.17, 15) is 9.59 Å². The van der Waals surface area contributed by atoms with Gasteiger partial charge in [-0.05, 0) is 19.3 Å². The van der Waals surface area contributed by atoms with Crippen molar-refractivity contribution < 1.29 is 9.59 Å². The van der Waals surface area contributed by atoms with E-state index < -0.39 is 0 Å². The number of amides is 2. The van der Waals surface area contributed by atoms with Crippen molar-refractivity contribution in [1.82, 2.24) is 15.5 Å². The van der Waals surface area contributed by atoms with Crippen LogP contribution in [-0.2, 0) is 9.59 Å². The Morgan fingerprint density at radius 3 is 2.72 bits per heavy atom. The number of piperidine rings is 2. The van der Waals surface area contributed by atoms with Gasteiger partial charge in [0.15, 0.2) is 0 Å². The number of carbonyl (C=O) groups excluding carboxylic acids is 2. The van der Waals surface area contributed by atoms with E-state index in [1.807, 2.05) is 0 Å². The Morgan fingerprint density at radius 2 is 2.11 bits per heavy atom. The van der Waals surface area contributed by atoms with Gasteiger partial charge in [-0.2, -0.15) is 0 Å². The molecule has 2 amide bonds. The van der Waals surface area contributed by atoms with E-state index in [1.165, 1.54) is 0 Å². The summed E-state index contributed by atoms with van der Waals surface area (Å²) in [5.41, 5.74) is 5.82. The molecule has 0 aromatic heterocycles. The molecule has 0 spiro atoms. The fourth-order valence-corrected chi connectivity index (χ4v) is 2.44. The average Bonchev–Trinajstić information content (AvgIpc) is 2.35. The maximum absolute atomic E-state index is 11.8. The molecule has 102 valence electrons. The molecule has 2 rings (SSSR count). The minimum Gasteiger partial charge on any atom is -0.354 e. The highest BCUT2D eigenvalue weighted by molar-refractivity contribution is 5.80. The molecule has 2 aliphatic heterocycles. The van der Waals surface area contributed by atoms with Crippen LogP contribution in [0.2, 0.25) is 0 Å². The first-order chi connectivity index (χ1) is 8.63. The summed E-state index contributed by atoms with van der Waals surface area (Å²) in [5.74, 6) is 0.122. The average molecular weight is 254 g/mol. The van der Waals surface area contributed by atoms with Gasteiger partial charge in [0.05, 0.1) is 6.54 Å². The fraction of sp³-hybridized carbons (Fsp3) is 0.833. The highest BCUT2D eigenvalue weighted by atomic mass is 16.2. The zero-order valence-corrected chi connectivity index (χ0v) is 10.7. The van der Waals surface area contributed by atoms with Crippen molar-refractivity contribution in [2.24, 2.45) is 5.73 Å². The molecule has 2 fully saturated rings. The number of nitrogens with two attached hydrogens (primary N) is 1. The summed E-state index contributed by atoms with van der Waals surface area (Å²) in [6.45, 7) is 2.79. The second kappa shape index (κ2) is 6.15. The lowest BCUT2D eigenvalue weighted by atomic mass is 10.1. The van der Waals surface area contributed by atoms with Gasteiger partial charge in [0.2, 0.25) is 11.8 Å². The Hall–Kier alpha value is -1.14. The van der Waals surface area contributed by atoms with Crippen LogP contribution in [0.5, 0.6) is 0 Å². The number of carbonyl (C=O) groups is 2. The molecule has 18 heavy (non-hydrogen) atoms. The van der Waals surface area contributed by atoms with Crippen LogP contribution in [-0.4, -0.2) is 55.0 Å². The monoisotopic (exact) mass is 254 g/mol. The molecule has 1 atom stereocenters. The molecular formula is C12H22N4O2. The SMILES string of the molecule is NC1CCN(CC(=O)NC2CCC(=O)NC2)CC1. The van der Waals surface area contributed by atoms with Crippen LogP contribution in [0, 0.1) is 0 Å². The molecule has 6 nitrogen and oxygen atoms in total. The normalized spacial score (nSPS) is 26.7. The summed E-state index contributed by atoms with van der Waals surface area (Å²) < 4.78 is 0. The second-order valence-electron chi connectivity index (χ2n) is 5.22. The smallest absolute Gasteiger partial charge is 0.234 e. The van der Waals surface area contributed by atoms with Gasteiger partial charge in [-0.25, -0.2) is 0 Å². The largest absolute Gasteiger partial charge is 0.354 e. The maximum atomic E-state index is 11.8. The molecule has 0 radical (unpaired) electrons. The Balaban J connectivity index is 1.67. The summed E-state index contributed by atoms with van der Waals surface area (Å²) >= 11 is 0. The summed E-state index contributed by atoms with van der Waals surface area (Å²) in [6.07, 6.45) is 3.17. The molecule has 2 aliphatic rings. The number of nitrogens with one attached hydrogen (secondary N) is 2. The first-order valence-corrected chi connectivity index (χ1v) is 6.67. The molecular weight excluding hydrogens is 232 g/mol. The standard InChI is InChI=1S/C12H22N4O2/c13-9-3-5-16(6-4-9)8-12(18)15-10-1-2-11(17)14-7-10/h9-10H,1-8,13H2,(H,14,17)(H,15,18). The Kier molecular flexibility index (Phi) is 4.54. The third-order valence-electron chi connectivity index (χ3n) is 3.63. The fourth-order valence-electron chi connectivity index (χ4n) is 2.44. The van der Waals surface area contributed by atoms with Crippen molar-refractivity contribution in [1.29, 1.82) is 0 Å². The lowest BCUT2D eigenvalue weighted by molar-refractivity contribution is -0.126. The molecule has 0 aromatic rings. The number of rotatable bonds is 3. The van der Waals surface area contributed by atoms with Crippen LogP contribution >= 0.6 is 0 Å². The van der Waals surface area contributed by atoms with E-state index in [-0.39, 0.29) is 23.9 Å². The van der Waals surface area contributed by atoms with Crippen LogP contribution in [0.15, 0.2) is 0 Å². The van der Waals surface area contributed by atoms with E-state index in [0.717, 1.165) is 32.4 Å². The number of hydrogen-bond donors (Lipinski definition) is 3. The number of nitrogens with zero attached hydrogens (tertiary/aromatic N) is 1. The first-order valence-electron chi connectivity index (χ1n) is 6.67. The van der Waals surface area contributed by atoms with E-state index >= 15 is 0 Å². The molecule has 0 saturated carbocycles. The van der Waals surface area contributed by atoms with E-state index in [4.69, 9.17) is 5.73 Å². The van der Waals surface area contributed by atoms with Crippen LogP contribution < -0.4 is 16.4 Å². The first kappa shape index (κ1) is 13.3. The minimum absolute atomic E-state index is 0.0478. The molecule has 2 heterocycles. The number of hydrogen-bond acceptors (Lipinski definition) is 4. The molecule has 2 saturated heterocycles. The van der Waals surface area contributed by atoms with Crippen molar-refractivity contribution in [2.75, 3.05) is 26.2 Å². The minimum atomic E-state index is 0.0478. The van der Waals surface area contributed by atoms with Crippen molar-refractivity contribution in [3.05, 3.63) is 0 Å². The van der Waals surface area contributed by atoms with Gasteiger partial charge in [-0.3, -0.25) is 14.5 Å². The van der Waals surface area contributed by atoms with Gasteiger partial charge >= 0.3 is 0 Å². The zero-order valence-electron chi connectivity index (χ0n) is 10.7. The third kappa shape index (κ3) is 3.96. The topological polar surface area (TPSA) is 87.5 Å². The third-order valence-corrected chi connectivity index (χ3v) is 3.63. The summed E-state index contributed by atoms with van der Waals surface area (Å²) in [4.78, 5) is 25.0. The summed E-state index contributed by atoms with van der Waals surface area (Å²) in [7, 11) is 0. The van der Waals surface area contributed by atoms with Crippen molar-refractivity contribution >= 4 is 11.8 Å². The highest BCUT2D eigenvalue weighted by Crippen LogP contribution is 2.08. The Labute approximate surface area is 107 Å². The predicted octanol–water partition coefficient (Wildman–Crippen LogP) is -1.20. The highest BCUT2D eigenvalue weighted by Gasteiger charge is 2.22. The number of likely N-dealkylation sites (tertiary alicyclic amines) is 1. The lowest BCUT2D eigenvalue weighted by Gasteiger charge is -2.30. The van der Waals surface area contributed by atoms with Gasteiger partial charge < -0.3 is 16.4 Å². The summed E-state index contributed by atoms with van der Waals surface area (Å²) in [5, 5.41) is 5.73. The molecule has 0 bridgehead atoms. The Morgan fingerprint density at radius 1 is 1.39 bits per heavy atom. The molecule has 4 N–H and O–H groups in total. The predicted molar refractivity (Wildman–Crippen MR) is 67.8 cm³/mol. The van der Waals surface area contributed by atoms with Gasteiger partial charge in [-0.1, -0.05) is 0 Å². The van der Waals surface area contributed by atoms with Crippen molar-refractivity contribution in [3.8, 4) is 0 Å². The lowest BCUT2D eigenvalue weighted by Crippen LogP contribution is -2.51. The van der Waals surface area contributed by atoms with Crippen molar-refractivity contribution in [2.45, 2.75) is 37.8 Å². The molecule has 1 unspecified atom stereocenters. The molecule has 6 heteroatoms. The maximum Gasteiger partial charge on any atom is 0.234 e. The quantitative estimate of drug-likeness (QED) is 0.590. The van der Waals surface area contributed by atoms with E-state index in [0.29, 0.717) is 19.5 Å². The molecule has 0 aliphatic carbocycles.